The minimum Gasteiger partial charge on any atom is -0.461 e. The van der Waals surface area contributed by atoms with E-state index in [0.717, 1.165) is 6.07 Å². The zero-order valence-electron chi connectivity index (χ0n) is 6.96. The number of pyridine rings is 1. The van der Waals surface area contributed by atoms with Crippen molar-refractivity contribution in [3.63, 3.8) is 0 Å². The number of rotatable bonds is 2. The normalized spacial score (nSPS) is 9.69. The molecular weight excluding hydrogens is 194 g/mol. The molecule has 0 radical (unpaired) electrons. The first-order valence-electron chi connectivity index (χ1n) is 3.70. The first-order chi connectivity index (χ1) is 6.15. The highest BCUT2D eigenvalue weighted by Gasteiger charge is 2.07. The van der Waals surface area contributed by atoms with Crippen LogP contribution in [0.15, 0.2) is 17.1 Å². The van der Waals surface area contributed by atoms with E-state index >= 15 is 0 Å². The second-order valence-corrected chi connectivity index (χ2v) is 2.69. The van der Waals surface area contributed by atoms with E-state index in [2.05, 4.69) is 9.72 Å². The number of halogens is 1. The molecule has 0 spiro atoms. The summed E-state index contributed by atoms with van der Waals surface area (Å²) >= 11 is 5.47. The SMILES string of the molecule is CCOC(=O)c1cc(=O)c(Cl)c[nH]1. The molecule has 0 unspecified atom stereocenters. The molecule has 13 heavy (non-hydrogen) atoms. The summed E-state index contributed by atoms with van der Waals surface area (Å²) in [6.07, 6.45) is 1.26. The van der Waals surface area contributed by atoms with Gasteiger partial charge in [-0.15, -0.1) is 0 Å². The van der Waals surface area contributed by atoms with Crippen LogP contribution < -0.4 is 5.43 Å². The Balaban J connectivity index is 2.97. The molecule has 0 atom stereocenters. The maximum atomic E-state index is 11.1. The fourth-order valence-electron chi connectivity index (χ4n) is 0.781. The summed E-state index contributed by atoms with van der Waals surface area (Å²) in [4.78, 5) is 24.6. The first-order valence-corrected chi connectivity index (χ1v) is 4.08. The van der Waals surface area contributed by atoms with E-state index in [0.29, 0.717) is 0 Å². The number of esters is 1. The lowest BCUT2D eigenvalue weighted by Crippen LogP contribution is -2.11. The highest BCUT2D eigenvalue weighted by molar-refractivity contribution is 6.30. The smallest absolute Gasteiger partial charge is 0.354 e. The van der Waals surface area contributed by atoms with E-state index in [1.807, 2.05) is 0 Å². The van der Waals surface area contributed by atoms with Crippen molar-refractivity contribution in [1.29, 1.82) is 0 Å². The number of H-pyrrole nitrogens is 1. The maximum absolute atomic E-state index is 11.1. The molecular formula is C8H8ClNO3. The Morgan fingerprint density at radius 3 is 2.92 bits per heavy atom. The van der Waals surface area contributed by atoms with Gasteiger partial charge in [0.15, 0.2) is 0 Å². The molecule has 0 aromatic carbocycles. The van der Waals surface area contributed by atoms with Crippen LogP contribution in [0, 0.1) is 0 Å². The lowest BCUT2D eigenvalue weighted by atomic mass is 10.3. The van der Waals surface area contributed by atoms with Gasteiger partial charge < -0.3 is 9.72 Å². The molecule has 0 aliphatic heterocycles. The van der Waals surface area contributed by atoms with E-state index in [1.165, 1.54) is 6.20 Å². The van der Waals surface area contributed by atoms with Crippen LogP contribution in [0.1, 0.15) is 17.4 Å². The zero-order chi connectivity index (χ0) is 9.84. The van der Waals surface area contributed by atoms with Crippen LogP contribution in [0.2, 0.25) is 5.02 Å². The Morgan fingerprint density at radius 2 is 2.38 bits per heavy atom. The first kappa shape index (κ1) is 9.80. The molecule has 0 saturated carbocycles. The molecule has 1 N–H and O–H groups in total. The van der Waals surface area contributed by atoms with Crippen LogP contribution in [0.25, 0.3) is 0 Å². The van der Waals surface area contributed by atoms with Crippen LogP contribution >= 0.6 is 11.6 Å². The number of carbonyl (C=O) groups excluding carboxylic acids is 1. The number of hydrogen-bond donors (Lipinski definition) is 1. The second kappa shape index (κ2) is 4.09. The standard InChI is InChI=1S/C8H8ClNO3/c1-2-13-8(12)6-3-7(11)5(9)4-10-6/h3-4H,2H2,1H3,(H,10,11). The molecule has 0 fully saturated rings. The molecule has 4 nitrogen and oxygen atoms in total. The van der Waals surface area contributed by atoms with Gasteiger partial charge in [0.25, 0.3) is 0 Å². The fraction of sp³-hybridized carbons (Fsp3) is 0.250. The largest absolute Gasteiger partial charge is 0.461 e. The molecule has 1 rings (SSSR count). The quantitative estimate of drug-likeness (QED) is 0.732. The average Bonchev–Trinajstić information content (AvgIpc) is 2.10. The van der Waals surface area contributed by atoms with E-state index in [1.54, 1.807) is 6.92 Å². The average molecular weight is 202 g/mol. The maximum Gasteiger partial charge on any atom is 0.354 e. The molecule has 1 aromatic rings. The Morgan fingerprint density at radius 1 is 1.69 bits per heavy atom. The molecule has 70 valence electrons. The van der Waals surface area contributed by atoms with Crippen molar-refractivity contribution >= 4 is 17.6 Å². The van der Waals surface area contributed by atoms with E-state index in [9.17, 15) is 9.59 Å². The van der Waals surface area contributed by atoms with Gasteiger partial charge in [-0.05, 0) is 6.92 Å². The second-order valence-electron chi connectivity index (χ2n) is 2.28. The highest BCUT2D eigenvalue weighted by Crippen LogP contribution is 2.00. The lowest BCUT2D eigenvalue weighted by molar-refractivity contribution is 0.0519. The molecule has 0 aliphatic carbocycles. The number of nitrogens with one attached hydrogen (secondary N) is 1. The molecule has 1 heterocycles. The molecule has 0 amide bonds. The predicted molar refractivity (Wildman–Crippen MR) is 48.0 cm³/mol. The van der Waals surface area contributed by atoms with Crippen LogP contribution in [-0.2, 0) is 4.74 Å². The predicted octanol–water partition coefficient (Wildman–Crippen LogP) is 1.20. The summed E-state index contributed by atoms with van der Waals surface area (Å²) in [6.45, 7) is 1.95. The summed E-state index contributed by atoms with van der Waals surface area (Å²) in [5.41, 5.74) is -0.292. The van der Waals surface area contributed by atoms with Crippen molar-refractivity contribution in [2.24, 2.45) is 0 Å². The molecule has 0 saturated heterocycles. The van der Waals surface area contributed by atoms with Crippen molar-refractivity contribution in [1.82, 2.24) is 4.98 Å². The lowest BCUT2D eigenvalue weighted by Gasteiger charge is -2.00. The minimum absolute atomic E-state index is 0.0491. The van der Waals surface area contributed by atoms with E-state index in [4.69, 9.17) is 11.6 Å². The monoisotopic (exact) mass is 201 g/mol. The summed E-state index contributed by atoms with van der Waals surface area (Å²) in [5, 5.41) is 0.0491. The molecule has 0 aliphatic rings. The van der Waals surface area contributed by atoms with Crippen LogP contribution in [0.5, 0.6) is 0 Å². The Labute approximate surface area is 79.5 Å². The van der Waals surface area contributed by atoms with Gasteiger partial charge in [0.05, 0.1) is 6.61 Å². The molecule has 5 heteroatoms. The Bertz CT molecular complexity index is 372. The zero-order valence-corrected chi connectivity index (χ0v) is 7.72. The number of hydrogen-bond acceptors (Lipinski definition) is 3. The molecule has 1 aromatic heterocycles. The van der Waals surface area contributed by atoms with Gasteiger partial charge in [-0.1, -0.05) is 11.6 Å². The number of ether oxygens (including phenoxy) is 1. The van der Waals surface area contributed by atoms with Crippen molar-refractivity contribution in [3.05, 3.63) is 33.2 Å². The Kier molecular flexibility index (Phi) is 3.08. The van der Waals surface area contributed by atoms with Crippen LogP contribution in [0.4, 0.5) is 0 Å². The van der Waals surface area contributed by atoms with Gasteiger partial charge in [-0.3, -0.25) is 4.79 Å². The van der Waals surface area contributed by atoms with Crippen LogP contribution in [-0.4, -0.2) is 17.6 Å². The minimum atomic E-state index is -0.559. The van der Waals surface area contributed by atoms with Gasteiger partial charge >= 0.3 is 5.97 Å². The fourth-order valence-corrected chi connectivity index (χ4v) is 0.890. The van der Waals surface area contributed by atoms with Gasteiger partial charge in [-0.25, -0.2) is 4.79 Å². The van der Waals surface area contributed by atoms with Crippen molar-refractivity contribution in [2.45, 2.75) is 6.92 Å². The summed E-state index contributed by atoms with van der Waals surface area (Å²) in [6, 6.07) is 1.11. The summed E-state index contributed by atoms with van der Waals surface area (Å²) in [7, 11) is 0. The van der Waals surface area contributed by atoms with Gasteiger partial charge in [0.1, 0.15) is 10.7 Å². The third kappa shape index (κ3) is 2.32. The summed E-state index contributed by atoms with van der Waals surface area (Å²) < 4.78 is 4.67. The van der Waals surface area contributed by atoms with Gasteiger partial charge in [0, 0.05) is 12.3 Å². The topological polar surface area (TPSA) is 59.2 Å². The van der Waals surface area contributed by atoms with Gasteiger partial charge in [0.2, 0.25) is 5.43 Å². The third-order valence-electron chi connectivity index (χ3n) is 1.36. The highest BCUT2D eigenvalue weighted by atomic mass is 35.5. The van der Waals surface area contributed by atoms with Crippen molar-refractivity contribution in [3.8, 4) is 0 Å². The molecule has 0 bridgehead atoms. The number of carbonyl (C=O) groups is 1. The number of aromatic amines is 1. The summed E-state index contributed by atoms with van der Waals surface area (Å²) in [5.74, 6) is -0.559. The Hall–Kier alpha value is -1.29. The van der Waals surface area contributed by atoms with E-state index < -0.39 is 11.4 Å². The van der Waals surface area contributed by atoms with Crippen molar-refractivity contribution in [2.75, 3.05) is 6.61 Å². The van der Waals surface area contributed by atoms with Crippen molar-refractivity contribution < 1.29 is 9.53 Å². The third-order valence-corrected chi connectivity index (χ3v) is 1.66. The van der Waals surface area contributed by atoms with Crippen LogP contribution in [0.3, 0.4) is 0 Å². The van der Waals surface area contributed by atoms with Gasteiger partial charge in [-0.2, -0.15) is 0 Å². The van der Waals surface area contributed by atoms with E-state index in [-0.39, 0.29) is 17.3 Å². The number of aromatic nitrogens is 1.